The highest BCUT2D eigenvalue weighted by molar-refractivity contribution is 5.76. The molecule has 4 nitrogen and oxygen atoms in total. The van der Waals surface area contributed by atoms with Gasteiger partial charge in [0.2, 0.25) is 0 Å². The maximum absolute atomic E-state index is 11.5. The van der Waals surface area contributed by atoms with Gasteiger partial charge >= 0.3 is 5.97 Å². The van der Waals surface area contributed by atoms with Crippen molar-refractivity contribution in [2.75, 3.05) is 6.61 Å². The molecule has 0 amide bonds. The number of phenols is 1. The molecule has 0 radical (unpaired) electrons. The summed E-state index contributed by atoms with van der Waals surface area (Å²) in [6.45, 7) is 4.83. The molecule has 0 saturated heterocycles. The van der Waals surface area contributed by atoms with Gasteiger partial charge in [-0.05, 0) is 47.7 Å². The molecule has 0 bridgehead atoms. The van der Waals surface area contributed by atoms with E-state index < -0.39 is 11.9 Å². The van der Waals surface area contributed by atoms with Crippen molar-refractivity contribution >= 4 is 5.97 Å². The van der Waals surface area contributed by atoms with Crippen LogP contribution in [0.2, 0.25) is 0 Å². The first-order valence-corrected chi connectivity index (χ1v) is 7.69. The third-order valence-electron chi connectivity index (χ3n) is 3.54. The maximum Gasteiger partial charge on any atom is 0.311 e. The number of hydrogen-bond acceptors (Lipinski definition) is 3. The van der Waals surface area contributed by atoms with Gasteiger partial charge in [0.1, 0.15) is 11.5 Å². The summed E-state index contributed by atoms with van der Waals surface area (Å²) in [5, 5.41) is 18.8. The fourth-order valence-corrected chi connectivity index (χ4v) is 2.27. The molecule has 23 heavy (non-hydrogen) atoms. The Balaban J connectivity index is 2.08. The first kappa shape index (κ1) is 16.9. The van der Waals surface area contributed by atoms with Crippen molar-refractivity contribution in [3.63, 3.8) is 0 Å². The molecule has 0 spiro atoms. The van der Waals surface area contributed by atoms with E-state index in [9.17, 15) is 15.0 Å². The Morgan fingerprint density at radius 1 is 1.04 bits per heavy atom. The summed E-state index contributed by atoms with van der Waals surface area (Å²) in [6.07, 6.45) is 0.393. The molecular weight excluding hydrogens is 292 g/mol. The van der Waals surface area contributed by atoms with Crippen molar-refractivity contribution in [1.82, 2.24) is 0 Å². The zero-order chi connectivity index (χ0) is 16.8. The summed E-state index contributed by atoms with van der Waals surface area (Å²) in [7, 11) is 0. The standard InChI is InChI=1S/C19H22O4/c1-13(2)12-23-17-9-3-14(4-10-17)11-18(19(21)22)15-5-7-16(20)8-6-15/h3-10,13,18,20H,11-12H2,1-2H3,(H,21,22). The predicted octanol–water partition coefficient (Wildman–Crippen LogP) is 3.84. The molecule has 0 heterocycles. The second-order valence-electron chi connectivity index (χ2n) is 6.04. The summed E-state index contributed by atoms with van der Waals surface area (Å²) in [4.78, 5) is 11.5. The first-order valence-electron chi connectivity index (χ1n) is 7.69. The van der Waals surface area contributed by atoms with E-state index in [-0.39, 0.29) is 5.75 Å². The molecule has 0 fully saturated rings. The van der Waals surface area contributed by atoms with E-state index in [2.05, 4.69) is 13.8 Å². The van der Waals surface area contributed by atoms with Crippen LogP contribution in [0.15, 0.2) is 48.5 Å². The zero-order valence-electron chi connectivity index (χ0n) is 13.4. The predicted molar refractivity (Wildman–Crippen MR) is 89.0 cm³/mol. The smallest absolute Gasteiger partial charge is 0.311 e. The molecule has 0 saturated carbocycles. The van der Waals surface area contributed by atoms with Crippen molar-refractivity contribution in [2.24, 2.45) is 5.92 Å². The van der Waals surface area contributed by atoms with Crippen molar-refractivity contribution in [1.29, 1.82) is 0 Å². The lowest BCUT2D eigenvalue weighted by molar-refractivity contribution is -0.138. The molecule has 1 unspecified atom stereocenters. The maximum atomic E-state index is 11.5. The molecule has 1 atom stereocenters. The monoisotopic (exact) mass is 314 g/mol. The number of aliphatic carboxylic acids is 1. The molecule has 2 N–H and O–H groups in total. The van der Waals surface area contributed by atoms with Crippen LogP contribution >= 0.6 is 0 Å². The minimum atomic E-state index is -0.879. The Morgan fingerprint density at radius 2 is 1.65 bits per heavy atom. The van der Waals surface area contributed by atoms with Gasteiger partial charge in [0.15, 0.2) is 0 Å². The van der Waals surface area contributed by atoms with Gasteiger partial charge in [0.05, 0.1) is 12.5 Å². The quantitative estimate of drug-likeness (QED) is 0.815. The van der Waals surface area contributed by atoms with E-state index in [1.165, 1.54) is 12.1 Å². The molecule has 2 aromatic rings. The van der Waals surface area contributed by atoms with Gasteiger partial charge in [-0.1, -0.05) is 38.1 Å². The van der Waals surface area contributed by atoms with Gasteiger partial charge in [0, 0.05) is 0 Å². The van der Waals surface area contributed by atoms with Crippen LogP contribution in [0.1, 0.15) is 30.9 Å². The third kappa shape index (κ3) is 5.02. The first-order chi connectivity index (χ1) is 11.0. The molecule has 0 aliphatic carbocycles. The summed E-state index contributed by atoms with van der Waals surface area (Å²) in [6, 6.07) is 13.8. The number of carboxylic acids is 1. The number of benzene rings is 2. The molecule has 0 aliphatic heterocycles. The Labute approximate surface area is 136 Å². The van der Waals surface area contributed by atoms with Gasteiger partial charge in [0.25, 0.3) is 0 Å². The summed E-state index contributed by atoms with van der Waals surface area (Å²) in [5.41, 5.74) is 1.61. The van der Waals surface area contributed by atoms with Crippen LogP contribution in [-0.4, -0.2) is 22.8 Å². The molecular formula is C19H22O4. The van der Waals surface area contributed by atoms with Crippen molar-refractivity contribution in [3.8, 4) is 11.5 Å². The van der Waals surface area contributed by atoms with E-state index in [1.807, 2.05) is 24.3 Å². The largest absolute Gasteiger partial charge is 0.508 e. The molecule has 122 valence electrons. The Kier molecular flexibility index (Phi) is 5.63. The SMILES string of the molecule is CC(C)COc1ccc(CC(C(=O)O)c2ccc(O)cc2)cc1. The summed E-state index contributed by atoms with van der Waals surface area (Å²) < 4.78 is 5.63. The summed E-state index contributed by atoms with van der Waals surface area (Å²) >= 11 is 0. The van der Waals surface area contributed by atoms with Crippen molar-refractivity contribution in [2.45, 2.75) is 26.2 Å². The Hall–Kier alpha value is -2.49. The third-order valence-corrected chi connectivity index (χ3v) is 3.54. The number of phenolic OH excluding ortho intramolecular Hbond substituents is 1. The Morgan fingerprint density at radius 3 is 2.17 bits per heavy atom. The van der Waals surface area contributed by atoms with Crippen LogP contribution in [0, 0.1) is 5.92 Å². The fourth-order valence-electron chi connectivity index (χ4n) is 2.27. The number of rotatable bonds is 7. The van der Waals surface area contributed by atoms with E-state index in [1.54, 1.807) is 12.1 Å². The number of aromatic hydroxyl groups is 1. The molecule has 4 heteroatoms. The number of carboxylic acid groups (broad SMARTS) is 1. The van der Waals surface area contributed by atoms with Gasteiger partial charge in [-0.15, -0.1) is 0 Å². The minimum Gasteiger partial charge on any atom is -0.508 e. The second kappa shape index (κ2) is 7.68. The highest BCUT2D eigenvalue weighted by Crippen LogP contribution is 2.24. The number of ether oxygens (including phenoxy) is 1. The van der Waals surface area contributed by atoms with Gasteiger partial charge in [-0.25, -0.2) is 0 Å². The highest BCUT2D eigenvalue weighted by Gasteiger charge is 2.20. The molecule has 2 rings (SSSR count). The topological polar surface area (TPSA) is 66.8 Å². The van der Waals surface area contributed by atoms with Gasteiger partial charge in [-0.2, -0.15) is 0 Å². The number of hydrogen-bond donors (Lipinski definition) is 2. The zero-order valence-corrected chi connectivity index (χ0v) is 13.4. The lowest BCUT2D eigenvalue weighted by atomic mass is 9.92. The van der Waals surface area contributed by atoms with Crippen LogP contribution in [0.4, 0.5) is 0 Å². The van der Waals surface area contributed by atoms with Crippen LogP contribution in [0.5, 0.6) is 11.5 Å². The van der Waals surface area contributed by atoms with Crippen LogP contribution in [0.3, 0.4) is 0 Å². The second-order valence-corrected chi connectivity index (χ2v) is 6.04. The Bertz CT molecular complexity index is 629. The van der Waals surface area contributed by atoms with Gasteiger partial charge in [-0.3, -0.25) is 4.79 Å². The molecule has 0 aliphatic rings. The van der Waals surface area contributed by atoms with E-state index in [4.69, 9.17) is 4.74 Å². The summed E-state index contributed by atoms with van der Waals surface area (Å²) in [5.74, 6) is -0.141. The van der Waals surface area contributed by atoms with Crippen LogP contribution < -0.4 is 4.74 Å². The van der Waals surface area contributed by atoms with E-state index >= 15 is 0 Å². The average molecular weight is 314 g/mol. The minimum absolute atomic E-state index is 0.129. The average Bonchev–Trinajstić information content (AvgIpc) is 2.52. The van der Waals surface area contributed by atoms with Crippen molar-refractivity contribution in [3.05, 3.63) is 59.7 Å². The van der Waals surface area contributed by atoms with Crippen LogP contribution in [-0.2, 0) is 11.2 Å². The number of carbonyl (C=O) groups is 1. The lowest BCUT2D eigenvalue weighted by Crippen LogP contribution is -2.14. The van der Waals surface area contributed by atoms with Crippen molar-refractivity contribution < 1.29 is 19.7 Å². The lowest BCUT2D eigenvalue weighted by Gasteiger charge is -2.14. The fraction of sp³-hybridized carbons (Fsp3) is 0.316. The highest BCUT2D eigenvalue weighted by atomic mass is 16.5. The normalized spacial score (nSPS) is 12.1. The van der Waals surface area contributed by atoms with E-state index in [0.717, 1.165) is 11.3 Å². The van der Waals surface area contributed by atoms with E-state index in [0.29, 0.717) is 24.5 Å². The molecule has 2 aromatic carbocycles. The van der Waals surface area contributed by atoms with Crippen LogP contribution in [0.25, 0.3) is 0 Å². The van der Waals surface area contributed by atoms with Gasteiger partial charge < -0.3 is 14.9 Å². The molecule has 0 aromatic heterocycles.